The zero-order valence-electron chi connectivity index (χ0n) is 12.0. The highest BCUT2D eigenvalue weighted by atomic mass is 35.5. The lowest BCUT2D eigenvalue weighted by Crippen LogP contribution is -2.32. The van der Waals surface area contributed by atoms with Gasteiger partial charge in [0.05, 0.1) is 17.6 Å². The Morgan fingerprint density at radius 3 is 2.45 bits per heavy atom. The minimum Gasteiger partial charge on any atom is -0.387 e. The quantitative estimate of drug-likeness (QED) is 0.860. The third-order valence-corrected chi connectivity index (χ3v) is 4.88. The second kappa shape index (κ2) is 6.61. The molecule has 1 aliphatic carbocycles. The fraction of sp³-hybridized carbons (Fsp3) is 0.588. The number of nitrogens with zero attached hydrogens (tertiary/aromatic N) is 1. The predicted molar refractivity (Wildman–Crippen MR) is 81.3 cm³/mol. The van der Waals surface area contributed by atoms with Gasteiger partial charge in [0.25, 0.3) is 0 Å². The van der Waals surface area contributed by atoms with Crippen LogP contribution in [-0.4, -0.2) is 5.11 Å². The van der Waals surface area contributed by atoms with Crippen LogP contribution < -0.4 is 0 Å². The monoisotopic (exact) mass is 291 g/mol. The number of nitriles is 1. The molecule has 0 amide bonds. The molecule has 108 valence electrons. The number of benzene rings is 1. The molecule has 0 heterocycles. The molecule has 20 heavy (non-hydrogen) atoms. The van der Waals surface area contributed by atoms with Crippen LogP contribution >= 0.6 is 11.6 Å². The highest BCUT2D eigenvalue weighted by Gasteiger charge is 2.42. The topological polar surface area (TPSA) is 44.0 Å². The molecule has 1 unspecified atom stereocenters. The van der Waals surface area contributed by atoms with Crippen LogP contribution in [-0.2, 0) is 0 Å². The first-order valence-corrected chi connectivity index (χ1v) is 7.84. The van der Waals surface area contributed by atoms with Gasteiger partial charge in [0.2, 0.25) is 0 Å². The van der Waals surface area contributed by atoms with Gasteiger partial charge in [-0.15, -0.1) is 0 Å². The van der Waals surface area contributed by atoms with Crippen LogP contribution in [0.3, 0.4) is 0 Å². The van der Waals surface area contributed by atoms with Crippen LogP contribution in [0.1, 0.15) is 57.1 Å². The molecule has 3 heteroatoms. The van der Waals surface area contributed by atoms with Gasteiger partial charge in [0, 0.05) is 5.02 Å². The molecule has 1 atom stereocenters. The fourth-order valence-corrected chi connectivity index (χ4v) is 3.43. The van der Waals surface area contributed by atoms with Crippen molar-refractivity contribution in [3.8, 4) is 6.07 Å². The zero-order valence-corrected chi connectivity index (χ0v) is 12.7. The molecular formula is C17H22ClNO. The van der Waals surface area contributed by atoms with E-state index in [4.69, 9.17) is 11.6 Å². The number of rotatable bonds is 4. The first-order valence-electron chi connectivity index (χ1n) is 7.46. The van der Waals surface area contributed by atoms with E-state index < -0.39 is 11.5 Å². The van der Waals surface area contributed by atoms with Crippen molar-refractivity contribution in [2.45, 2.75) is 51.6 Å². The summed E-state index contributed by atoms with van der Waals surface area (Å²) >= 11 is 5.88. The number of aliphatic hydroxyl groups is 1. The summed E-state index contributed by atoms with van der Waals surface area (Å²) in [6.45, 7) is 2.20. The molecule has 1 saturated carbocycles. The summed E-state index contributed by atoms with van der Waals surface area (Å²) in [6.07, 6.45) is 5.39. The second-order valence-corrected chi connectivity index (χ2v) is 6.39. The average Bonchev–Trinajstić information content (AvgIpc) is 2.49. The van der Waals surface area contributed by atoms with Crippen molar-refractivity contribution in [2.24, 2.45) is 11.3 Å². The standard InChI is InChI=1S/C17H22ClNO/c1-2-3-13-8-10-17(12-19,11-9-13)16(20)14-4-6-15(18)7-5-14/h4-7,13,16,20H,2-3,8-11H2,1H3. The highest BCUT2D eigenvalue weighted by molar-refractivity contribution is 6.30. The van der Waals surface area contributed by atoms with Crippen molar-refractivity contribution in [1.82, 2.24) is 0 Å². The van der Waals surface area contributed by atoms with Gasteiger partial charge in [-0.05, 0) is 49.3 Å². The molecule has 0 aliphatic heterocycles. The van der Waals surface area contributed by atoms with E-state index in [1.807, 2.05) is 12.1 Å². The smallest absolute Gasteiger partial charge is 0.0976 e. The summed E-state index contributed by atoms with van der Waals surface area (Å²) in [6, 6.07) is 9.60. The molecule has 1 aromatic carbocycles. The average molecular weight is 292 g/mol. The van der Waals surface area contributed by atoms with Crippen molar-refractivity contribution in [3.63, 3.8) is 0 Å². The van der Waals surface area contributed by atoms with Gasteiger partial charge in [0.1, 0.15) is 0 Å². The van der Waals surface area contributed by atoms with Gasteiger partial charge in [-0.25, -0.2) is 0 Å². The van der Waals surface area contributed by atoms with Gasteiger partial charge in [-0.3, -0.25) is 0 Å². The van der Waals surface area contributed by atoms with Gasteiger partial charge in [-0.2, -0.15) is 5.26 Å². The van der Waals surface area contributed by atoms with Crippen molar-refractivity contribution in [1.29, 1.82) is 5.26 Å². The lowest BCUT2D eigenvalue weighted by molar-refractivity contribution is 0.0237. The maximum absolute atomic E-state index is 10.6. The van der Waals surface area contributed by atoms with E-state index in [1.54, 1.807) is 12.1 Å². The number of aliphatic hydroxyl groups excluding tert-OH is 1. The van der Waals surface area contributed by atoms with E-state index >= 15 is 0 Å². The molecule has 0 saturated heterocycles. The number of hydrogen-bond acceptors (Lipinski definition) is 2. The van der Waals surface area contributed by atoms with Crippen LogP contribution in [0.25, 0.3) is 0 Å². The fourth-order valence-electron chi connectivity index (χ4n) is 3.30. The Balaban J connectivity index is 2.12. The van der Waals surface area contributed by atoms with Crippen LogP contribution in [0.2, 0.25) is 5.02 Å². The first kappa shape index (κ1) is 15.4. The van der Waals surface area contributed by atoms with Gasteiger partial charge >= 0.3 is 0 Å². The third-order valence-electron chi connectivity index (χ3n) is 4.63. The Morgan fingerprint density at radius 1 is 1.35 bits per heavy atom. The molecule has 2 rings (SSSR count). The lowest BCUT2D eigenvalue weighted by Gasteiger charge is -2.38. The summed E-state index contributed by atoms with van der Waals surface area (Å²) in [7, 11) is 0. The van der Waals surface area contributed by atoms with Crippen LogP contribution in [0, 0.1) is 22.7 Å². The predicted octanol–water partition coefficient (Wildman–Crippen LogP) is 4.87. The van der Waals surface area contributed by atoms with Gasteiger partial charge in [-0.1, -0.05) is 43.5 Å². The minimum absolute atomic E-state index is 0.627. The molecule has 0 spiro atoms. The van der Waals surface area contributed by atoms with Gasteiger partial charge in [0.15, 0.2) is 0 Å². The summed E-state index contributed by atoms with van der Waals surface area (Å²) in [4.78, 5) is 0. The molecule has 0 radical (unpaired) electrons. The number of hydrogen-bond donors (Lipinski definition) is 1. The first-order chi connectivity index (χ1) is 9.61. The van der Waals surface area contributed by atoms with E-state index in [9.17, 15) is 10.4 Å². The molecular weight excluding hydrogens is 270 g/mol. The molecule has 1 N–H and O–H groups in total. The van der Waals surface area contributed by atoms with E-state index in [-0.39, 0.29) is 0 Å². The molecule has 0 bridgehead atoms. The maximum Gasteiger partial charge on any atom is 0.0976 e. The number of halogens is 1. The zero-order chi connectivity index (χ0) is 14.6. The van der Waals surface area contributed by atoms with Gasteiger partial charge < -0.3 is 5.11 Å². The van der Waals surface area contributed by atoms with Crippen LogP contribution in [0.5, 0.6) is 0 Å². The van der Waals surface area contributed by atoms with Crippen molar-refractivity contribution in [2.75, 3.05) is 0 Å². The Morgan fingerprint density at radius 2 is 1.95 bits per heavy atom. The SMILES string of the molecule is CCCC1CCC(C#N)(C(O)c2ccc(Cl)cc2)CC1. The van der Waals surface area contributed by atoms with E-state index in [1.165, 1.54) is 12.8 Å². The molecule has 1 aromatic rings. The normalized spacial score (nSPS) is 27.8. The maximum atomic E-state index is 10.6. The Bertz CT molecular complexity index is 469. The largest absolute Gasteiger partial charge is 0.387 e. The summed E-state index contributed by atoms with van der Waals surface area (Å²) in [5.74, 6) is 0.721. The summed E-state index contributed by atoms with van der Waals surface area (Å²) in [5.41, 5.74) is 0.169. The van der Waals surface area contributed by atoms with Crippen LogP contribution in [0.4, 0.5) is 0 Å². The second-order valence-electron chi connectivity index (χ2n) is 5.95. The summed E-state index contributed by atoms with van der Waals surface area (Å²) in [5, 5.41) is 20.9. The molecule has 2 nitrogen and oxygen atoms in total. The lowest BCUT2D eigenvalue weighted by atomic mass is 9.66. The van der Waals surface area contributed by atoms with Crippen LogP contribution in [0.15, 0.2) is 24.3 Å². The van der Waals surface area contributed by atoms with Crippen molar-refractivity contribution >= 4 is 11.6 Å². The Kier molecular flexibility index (Phi) is 5.07. The minimum atomic E-state index is -0.715. The summed E-state index contributed by atoms with van der Waals surface area (Å²) < 4.78 is 0. The van der Waals surface area contributed by atoms with Crippen molar-refractivity contribution in [3.05, 3.63) is 34.9 Å². The molecule has 1 fully saturated rings. The molecule has 1 aliphatic rings. The van der Waals surface area contributed by atoms with Crippen molar-refractivity contribution < 1.29 is 5.11 Å². The molecule has 0 aromatic heterocycles. The third kappa shape index (κ3) is 3.16. The highest BCUT2D eigenvalue weighted by Crippen LogP contribution is 2.48. The Hall–Kier alpha value is -1.04. The van der Waals surface area contributed by atoms with E-state index in [0.717, 1.165) is 37.2 Å². The van der Waals surface area contributed by atoms with E-state index in [2.05, 4.69) is 13.0 Å². The van der Waals surface area contributed by atoms with E-state index in [0.29, 0.717) is 5.02 Å². The Labute approximate surface area is 126 Å².